The van der Waals surface area contributed by atoms with Crippen LogP contribution in [0.5, 0.6) is 0 Å². The molecule has 0 aliphatic heterocycles. The molecule has 0 radical (unpaired) electrons. The fourth-order valence-electron chi connectivity index (χ4n) is 2.11. The Labute approximate surface area is 136 Å². The minimum Gasteiger partial charge on any atom is -0.389 e. The first-order chi connectivity index (χ1) is 10.3. The Balaban J connectivity index is 2.42. The van der Waals surface area contributed by atoms with Gasteiger partial charge in [-0.15, -0.1) is 0 Å². The van der Waals surface area contributed by atoms with Crippen LogP contribution in [0.25, 0.3) is 0 Å². The van der Waals surface area contributed by atoms with Gasteiger partial charge in [-0.1, -0.05) is 12.1 Å². The fraction of sp³-hybridized carbons (Fsp3) is 0.267. The maximum atomic E-state index is 11.3. The van der Waals surface area contributed by atoms with Crippen molar-refractivity contribution in [1.82, 2.24) is 4.98 Å². The smallest absolute Gasteiger partial charge is 0.315 e. The van der Waals surface area contributed by atoms with Crippen LogP contribution in [0.4, 0.5) is 17.2 Å². The van der Waals surface area contributed by atoms with Gasteiger partial charge < -0.3 is 10.4 Å². The minimum absolute atomic E-state index is 0.0583. The number of aliphatic hydroxyl groups is 1. The molecule has 0 aliphatic rings. The van der Waals surface area contributed by atoms with E-state index in [9.17, 15) is 15.2 Å². The molecule has 0 aliphatic carbocycles. The van der Waals surface area contributed by atoms with Gasteiger partial charge in [0, 0.05) is 15.7 Å². The summed E-state index contributed by atoms with van der Waals surface area (Å²) < 4.78 is 0.634. The summed E-state index contributed by atoms with van der Waals surface area (Å²) in [6.07, 6.45) is -0.557. The third-order valence-electron chi connectivity index (χ3n) is 3.34. The van der Waals surface area contributed by atoms with E-state index in [2.05, 4.69) is 26.2 Å². The van der Waals surface area contributed by atoms with E-state index in [1.807, 2.05) is 0 Å². The van der Waals surface area contributed by atoms with Crippen LogP contribution in [0.3, 0.4) is 0 Å². The van der Waals surface area contributed by atoms with Crippen molar-refractivity contribution in [2.75, 3.05) is 5.32 Å². The molecule has 0 amide bonds. The maximum absolute atomic E-state index is 11.3. The molecule has 1 aromatic carbocycles. The van der Waals surface area contributed by atoms with Gasteiger partial charge in [0.15, 0.2) is 0 Å². The summed E-state index contributed by atoms with van der Waals surface area (Å²) in [5.74, 6) is 0.202. The number of benzene rings is 1. The van der Waals surface area contributed by atoms with Gasteiger partial charge in [0.2, 0.25) is 5.82 Å². The van der Waals surface area contributed by atoms with E-state index < -0.39 is 11.0 Å². The number of anilines is 2. The number of aryl methyl sites for hydroxylation is 1. The lowest BCUT2D eigenvalue weighted by Crippen LogP contribution is -2.04. The summed E-state index contributed by atoms with van der Waals surface area (Å²) in [5, 5.41) is 23.8. The van der Waals surface area contributed by atoms with Crippen molar-refractivity contribution < 1.29 is 10.0 Å². The lowest BCUT2D eigenvalue weighted by atomic mass is 10.1. The molecule has 1 unspecified atom stereocenters. The number of nitro groups is 1. The highest BCUT2D eigenvalue weighted by Crippen LogP contribution is 2.35. The fourth-order valence-corrected chi connectivity index (χ4v) is 2.39. The van der Waals surface area contributed by atoms with Crippen LogP contribution in [-0.2, 0) is 0 Å². The average Bonchev–Trinajstić information content (AvgIpc) is 2.45. The number of aliphatic hydroxyl groups excluding tert-OH is 1. The molecule has 0 bridgehead atoms. The Bertz CT molecular complexity index is 715. The van der Waals surface area contributed by atoms with Crippen molar-refractivity contribution in [3.8, 4) is 0 Å². The second kappa shape index (κ2) is 6.41. The van der Waals surface area contributed by atoms with Crippen molar-refractivity contribution in [2.45, 2.75) is 26.9 Å². The molecular weight excluding hydrogens is 350 g/mol. The van der Waals surface area contributed by atoms with Crippen molar-refractivity contribution in [2.24, 2.45) is 0 Å². The quantitative estimate of drug-likeness (QED) is 0.626. The van der Waals surface area contributed by atoms with E-state index in [0.717, 1.165) is 5.56 Å². The molecule has 0 spiro atoms. The number of hydrogen-bond donors (Lipinski definition) is 2. The van der Waals surface area contributed by atoms with Crippen LogP contribution >= 0.6 is 15.9 Å². The van der Waals surface area contributed by atoms with Crippen LogP contribution in [0.1, 0.15) is 29.8 Å². The van der Waals surface area contributed by atoms with E-state index >= 15 is 0 Å². The first kappa shape index (κ1) is 16.4. The summed E-state index contributed by atoms with van der Waals surface area (Å²) in [7, 11) is 0. The van der Waals surface area contributed by atoms with Crippen LogP contribution in [0.2, 0.25) is 0 Å². The molecule has 0 saturated heterocycles. The van der Waals surface area contributed by atoms with Gasteiger partial charge in [0.1, 0.15) is 0 Å². The molecule has 0 saturated carbocycles. The SMILES string of the molecule is Cc1nc(Nc2ccc(C(C)O)cc2)c([N+](=O)[O-])c(C)c1Br. The maximum Gasteiger partial charge on any atom is 0.315 e. The molecule has 2 rings (SSSR count). The largest absolute Gasteiger partial charge is 0.389 e. The summed E-state index contributed by atoms with van der Waals surface area (Å²) in [5.41, 5.74) is 2.58. The van der Waals surface area contributed by atoms with E-state index in [1.54, 1.807) is 45.0 Å². The Kier molecular flexibility index (Phi) is 4.77. The van der Waals surface area contributed by atoms with Crippen molar-refractivity contribution in [3.63, 3.8) is 0 Å². The Hall–Kier alpha value is -1.99. The van der Waals surface area contributed by atoms with Crippen LogP contribution in [0, 0.1) is 24.0 Å². The van der Waals surface area contributed by atoms with Crippen molar-refractivity contribution in [1.29, 1.82) is 0 Å². The van der Waals surface area contributed by atoms with Gasteiger partial charge in [-0.3, -0.25) is 10.1 Å². The average molecular weight is 366 g/mol. The standard InChI is InChI=1S/C15H16BrN3O3/c1-8-13(16)9(2)17-15(14(8)19(21)22)18-12-6-4-11(5-7-12)10(3)20/h4-7,10,20H,1-3H3,(H,17,18). The first-order valence-electron chi connectivity index (χ1n) is 6.67. The van der Waals surface area contributed by atoms with Gasteiger partial charge in [-0.2, -0.15) is 0 Å². The van der Waals surface area contributed by atoms with Crippen molar-refractivity contribution in [3.05, 3.63) is 55.7 Å². The highest BCUT2D eigenvalue weighted by Gasteiger charge is 2.23. The number of nitrogens with one attached hydrogen (secondary N) is 1. The minimum atomic E-state index is -0.557. The van der Waals surface area contributed by atoms with Gasteiger partial charge in [-0.05, 0) is 54.4 Å². The Morgan fingerprint density at radius 2 is 1.91 bits per heavy atom. The predicted octanol–water partition coefficient (Wildman–Crippen LogP) is 4.17. The van der Waals surface area contributed by atoms with E-state index in [0.29, 0.717) is 21.4 Å². The lowest BCUT2D eigenvalue weighted by molar-refractivity contribution is -0.384. The van der Waals surface area contributed by atoms with Crippen molar-refractivity contribution >= 4 is 33.1 Å². The third kappa shape index (κ3) is 3.26. The summed E-state index contributed by atoms with van der Waals surface area (Å²) in [6.45, 7) is 5.14. The molecule has 0 fully saturated rings. The number of rotatable bonds is 4. The second-order valence-electron chi connectivity index (χ2n) is 5.01. The molecule has 2 aromatic rings. The van der Waals surface area contributed by atoms with Crippen LogP contribution in [-0.4, -0.2) is 15.0 Å². The lowest BCUT2D eigenvalue weighted by Gasteiger charge is -2.12. The molecule has 6 nitrogen and oxygen atoms in total. The first-order valence-corrected chi connectivity index (χ1v) is 7.46. The molecule has 1 aromatic heterocycles. The Morgan fingerprint density at radius 3 is 2.41 bits per heavy atom. The number of halogens is 1. The highest BCUT2D eigenvalue weighted by atomic mass is 79.9. The molecule has 7 heteroatoms. The van der Waals surface area contributed by atoms with E-state index in [4.69, 9.17) is 0 Å². The van der Waals surface area contributed by atoms with Gasteiger partial charge in [-0.25, -0.2) is 4.98 Å². The second-order valence-corrected chi connectivity index (χ2v) is 5.81. The molecule has 116 valence electrons. The summed E-state index contributed by atoms with van der Waals surface area (Å²) >= 11 is 3.32. The number of nitrogens with zero attached hydrogens (tertiary/aromatic N) is 2. The number of hydrogen-bond acceptors (Lipinski definition) is 5. The molecular formula is C15H16BrN3O3. The van der Waals surface area contributed by atoms with Crippen LogP contribution < -0.4 is 5.32 Å². The highest BCUT2D eigenvalue weighted by molar-refractivity contribution is 9.10. The van der Waals surface area contributed by atoms with E-state index in [1.165, 1.54) is 0 Å². The van der Waals surface area contributed by atoms with Gasteiger partial charge >= 0.3 is 5.69 Å². The van der Waals surface area contributed by atoms with Crippen LogP contribution in [0.15, 0.2) is 28.7 Å². The third-order valence-corrected chi connectivity index (χ3v) is 4.51. The van der Waals surface area contributed by atoms with Gasteiger partial charge in [0.05, 0.1) is 16.7 Å². The normalized spacial score (nSPS) is 12.0. The predicted molar refractivity (Wildman–Crippen MR) is 88.4 cm³/mol. The number of aromatic nitrogens is 1. The zero-order valence-electron chi connectivity index (χ0n) is 12.4. The summed E-state index contributed by atoms with van der Waals surface area (Å²) in [6, 6.07) is 7.02. The summed E-state index contributed by atoms with van der Waals surface area (Å²) in [4.78, 5) is 15.1. The molecule has 1 heterocycles. The Morgan fingerprint density at radius 1 is 1.32 bits per heavy atom. The molecule has 2 N–H and O–H groups in total. The molecule has 1 atom stereocenters. The zero-order chi connectivity index (χ0) is 16.4. The van der Waals surface area contributed by atoms with E-state index in [-0.39, 0.29) is 11.5 Å². The molecule has 22 heavy (non-hydrogen) atoms. The zero-order valence-corrected chi connectivity index (χ0v) is 14.0. The monoisotopic (exact) mass is 365 g/mol. The topological polar surface area (TPSA) is 88.3 Å². The van der Waals surface area contributed by atoms with Gasteiger partial charge in [0.25, 0.3) is 0 Å². The number of pyridine rings is 1.